The summed E-state index contributed by atoms with van der Waals surface area (Å²) in [4.78, 5) is 3.97. The Morgan fingerprint density at radius 2 is 1.49 bits per heavy atom. The van der Waals surface area contributed by atoms with Crippen molar-refractivity contribution >= 4 is 72.0 Å². The molecular formula is C57H45NO2S. The zero-order valence-electron chi connectivity index (χ0n) is 34.6. The zero-order valence-corrected chi connectivity index (χ0v) is 35.4. The third kappa shape index (κ3) is 5.28. The molecule has 0 spiro atoms. The van der Waals surface area contributed by atoms with E-state index in [1.54, 1.807) is 0 Å². The maximum atomic E-state index is 6.74. The molecule has 0 saturated carbocycles. The molecule has 8 aromatic rings. The molecule has 0 bridgehead atoms. The van der Waals surface area contributed by atoms with Crippen LogP contribution in [0.1, 0.15) is 83.7 Å². The van der Waals surface area contributed by atoms with E-state index in [0.29, 0.717) is 5.92 Å². The van der Waals surface area contributed by atoms with Gasteiger partial charge in [0.2, 0.25) is 0 Å². The molecule has 5 aliphatic carbocycles. The molecule has 0 saturated heterocycles. The molecule has 0 aliphatic heterocycles. The largest absolute Gasteiger partial charge is 0.456 e. The van der Waals surface area contributed by atoms with Gasteiger partial charge in [0.05, 0.1) is 0 Å². The van der Waals surface area contributed by atoms with Gasteiger partial charge in [0.1, 0.15) is 22.7 Å². The molecule has 0 amide bonds. The SMILES string of the molecule is CC1(C)C2=C(c3ccc(N(C4=CCC(C5=CCCc6c5sc5ccccc65)C=C4)c4ccc(-c5cccc6c5oc5ccccc56)cc4)cc31)c1oc3c(c1CC2)CCC=C3. The molecule has 1 unspecified atom stereocenters. The van der Waals surface area contributed by atoms with Crippen molar-refractivity contribution in [3.63, 3.8) is 0 Å². The number of nitrogens with zero attached hydrogens (tertiary/aromatic N) is 1. The third-order valence-corrected chi connectivity index (χ3v) is 15.7. The van der Waals surface area contributed by atoms with Crippen LogP contribution in [0.15, 0.2) is 160 Å². The number of aryl methyl sites for hydroxylation is 1. The minimum Gasteiger partial charge on any atom is -0.456 e. The number of para-hydroxylation sites is 2. The number of rotatable bonds is 5. The van der Waals surface area contributed by atoms with E-state index in [2.05, 4.69) is 158 Å². The van der Waals surface area contributed by atoms with E-state index in [9.17, 15) is 0 Å². The van der Waals surface area contributed by atoms with Gasteiger partial charge in [0, 0.05) is 71.0 Å². The smallest absolute Gasteiger partial charge is 0.143 e. The minimum absolute atomic E-state index is 0.112. The summed E-state index contributed by atoms with van der Waals surface area (Å²) in [5, 5.41) is 3.74. The lowest BCUT2D eigenvalue weighted by Gasteiger charge is -2.32. The summed E-state index contributed by atoms with van der Waals surface area (Å²) >= 11 is 1.97. The molecule has 0 radical (unpaired) electrons. The van der Waals surface area contributed by atoms with Crippen LogP contribution in [0.5, 0.6) is 0 Å². The monoisotopic (exact) mass is 807 g/mol. The topological polar surface area (TPSA) is 29.5 Å². The summed E-state index contributed by atoms with van der Waals surface area (Å²) in [5.41, 5.74) is 19.0. The highest BCUT2D eigenvalue weighted by Crippen LogP contribution is 2.56. The van der Waals surface area contributed by atoms with Gasteiger partial charge in [-0.2, -0.15) is 0 Å². The summed E-state index contributed by atoms with van der Waals surface area (Å²) in [5.74, 6) is 2.54. The van der Waals surface area contributed by atoms with E-state index in [1.807, 2.05) is 17.4 Å². The molecule has 296 valence electrons. The van der Waals surface area contributed by atoms with Crippen molar-refractivity contribution in [1.29, 1.82) is 0 Å². The lowest BCUT2D eigenvalue weighted by atomic mass is 9.76. The summed E-state index contributed by atoms with van der Waals surface area (Å²) in [7, 11) is 0. The van der Waals surface area contributed by atoms with Crippen LogP contribution in [0.25, 0.3) is 60.4 Å². The fourth-order valence-corrected chi connectivity index (χ4v) is 12.7. The zero-order chi connectivity index (χ0) is 40.4. The molecule has 0 N–H and O–H groups in total. The van der Waals surface area contributed by atoms with Crippen molar-refractivity contribution < 1.29 is 8.83 Å². The first kappa shape index (κ1) is 35.4. The average Bonchev–Trinajstić information content (AvgIpc) is 4.05. The number of fused-ring (bicyclic) bond motifs is 12. The van der Waals surface area contributed by atoms with Crippen molar-refractivity contribution in [2.45, 2.75) is 64.2 Å². The van der Waals surface area contributed by atoms with E-state index in [4.69, 9.17) is 8.83 Å². The molecule has 61 heavy (non-hydrogen) atoms. The Morgan fingerprint density at radius 3 is 2.38 bits per heavy atom. The van der Waals surface area contributed by atoms with Crippen LogP contribution in [0.2, 0.25) is 0 Å². The van der Waals surface area contributed by atoms with Crippen LogP contribution in [-0.4, -0.2) is 0 Å². The molecular weight excluding hydrogens is 763 g/mol. The lowest BCUT2D eigenvalue weighted by molar-refractivity contribution is 0.528. The van der Waals surface area contributed by atoms with Gasteiger partial charge in [0.25, 0.3) is 0 Å². The van der Waals surface area contributed by atoms with Gasteiger partial charge >= 0.3 is 0 Å². The van der Waals surface area contributed by atoms with Crippen LogP contribution < -0.4 is 4.90 Å². The molecule has 4 heteroatoms. The van der Waals surface area contributed by atoms with Crippen LogP contribution in [-0.2, 0) is 24.7 Å². The quantitative estimate of drug-likeness (QED) is 0.173. The van der Waals surface area contributed by atoms with E-state index in [1.165, 1.54) is 70.9 Å². The molecule has 3 nitrogen and oxygen atoms in total. The van der Waals surface area contributed by atoms with Gasteiger partial charge in [-0.3, -0.25) is 0 Å². The Bertz CT molecular complexity index is 3310. The molecule has 13 rings (SSSR count). The summed E-state index contributed by atoms with van der Waals surface area (Å²) in [6.07, 6.45) is 21.8. The summed E-state index contributed by atoms with van der Waals surface area (Å²) in [6, 6.07) is 40.1. The van der Waals surface area contributed by atoms with Crippen LogP contribution >= 0.6 is 11.3 Å². The first-order valence-corrected chi connectivity index (χ1v) is 22.9. The standard InChI is InChI=1S/C57H45NO2S/c1-57(2)48-32-31-45-42-12-4-7-19-51(42)60-55(45)53(48)47-30-29-38(33-49(47)57)58(36-25-21-34(22-26-36)39-14-9-16-44-41-11-3-6-18-50(41)59-54(39)44)37-27-23-35(24-28-37)40-15-10-17-46-43-13-5-8-20-52(43)61-56(40)46/h3,5-9,11,13-16,18-23,25-30,33,35H,4,10,12,17,24,31-32H2,1-2H3. The van der Waals surface area contributed by atoms with Gasteiger partial charge in [-0.25, -0.2) is 0 Å². The van der Waals surface area contributed by atoms with Gasteiger partial charge in [-0.05, 0) is 132 Å². The summed E-state index contributed by atoms with van der Waals surface area (Å²) < 4.78 is 14.6. The van der Waals surface area contributed by atoms with E-state index >= 15 is 0 Å². The lowest BCUT2D eigenvalue weighted by Crippen LogP contribution is -2.21. The number of thiophene rings is 1. The molecule has 1 atom stereocenters. The Morgan fingerprint density at radius 1 is 0.672 bits per heavy atom. The number of allylic oxidation sites excluding steroid dienone is 7. The van der Waals surface area contributed by atoms with Crippen LogP contribution in [0, 0.1) is 5.92 Å². The minimum atomic E-state index is -0.112. The van der Waals surface area contributed by atoms with Crippen molar-refractivity contribution in [3.05, 3.63) is 195 Å². The van der Waals surface area contributed by atoms with Gasteiger partial charge in [-0.1, -0.05) is 111 Å². The maximum absolute atomic E-state index is 6.74. The second-order valence-electron chi connectivity index (χ2n) is 18.0. The highest BCUT2D eigenvalue weighted by atomic mass is 32.1. The molecule has 0 fully saturated rings. The fraction of sp³-hybridized carbons (Fsp3) is 0.193. The molecule has 5 aromatic carbocycles. The van der Waals surface area contributed by atoms with Crippen LogP contribution in [0.3, 0.4) is 0 Å². The number of benzene rings is 5. The normalized spacial score (nSPS) is 18.5. The molecule has 3 heterocycles. The van der Waals surface area contributed by atoms with Crippen molar-refractivity contribution in [2.24, 2.45) is 5.92 Å². The molecule has 5 aliphatic rings. The van der Waals surface area contributed by atoms with Gasteiger partial charge in [0.15, 0.2) is 0 Å². The van der Waals surface area contributed by atoms with E-state index < -0.39 is 0 Å². The van der Waals surface area contributed by atoms with Crippen molar-refractivity contribution in [2.75, 3.05) is 4.90 Å². The Kier molecular flexibility index (Phi) is 7.73. The fourth-order valence-electron chi connectivity index (χ4n) is 11.4. The average molecular weight is 808 g/mol. The first-order valence-electron chi connectivity index (χ1n) is 22.1. The predicted molar refractivity (Wildman–Crippen MR) is 255 cm³/mol. The Hall–Kier alpha value is -6.36. The molecule has 3 aromatic heterocycles. The second kappa shape index (κ2) is 13.3. The van der Waals surface area contributed by atoms with Crippen LogP contribution in [0.4, 0.5) is 11.4 Å². The predicted octanol–water partition coefficient (Wildman–Crippen LogP) is 15.7. The Labute approximate surface area is 360 Å². The van der Waals surface area contributed by atoms with Gasteiger partial charge < -0.3 is 13.7 Å². The Balaban J connectivity index is 0.901. The van der Waals surface area contributed by atoms with E-state index in [-0.39, 0.29) is 5.41 Å². The van der Waals surface area contributed by atoms with Gasteiger partial charge in [-0.15, -0.1) is 11.3 Å². The highest BCUT2D eigenvalue weighted by molar-refractivity contribution is 7.20. The number of anilines is 2. The van der Waals surface area contributed by atoms with E-state index in [0.717, 1.165) is 95.2 Å². The highest BCUT2D eigenvalue weighted by Gasteiger charge is 2.43. The third-order valence-electron chi connectivity index (χ3n) is 14.4. The second-order valence-corrected chi connectivity index (χ2v) is 19.1. The number of furan rings is 2. The van der Waals surface area contributed by atoms with Crippen molar-refractivity contribution in [3.8, 4) is 11.1 Å². The van der Waals surface area contributed by atoms with Crippen molar-refractivity contribution in [1.82, 2.24) is 0 Å². The number of hydrogen-bond donors (Lipinski definition) is 0. The first-order chi connectivity index (χ1) is 30.0. The number of hydrogen-bond acceptors (Lipinski definition) is 4. The maximum Gasteiger partial charge on any atom is 0.143 e. The summed E-state index contributed by atoms with van der Waals surface area (Å²) in [6.45, 7) is 4.85.